The number of ether oxygens (including phenoxy) is 1. The number of esters is 1. The summed E-state index contributed by atoms with van der Waals surface area (Å²) in [5.41, 5.74) is 1.43. The smallest absolute Gasteiger partial charge is 0.312 e. The minimum atomic E-state index is -0.441. The van der Waals surface area contributed by atoms with Crippen LogP contribution in [-0.4, -0.2) is 16.1 Å². The van der Waals surface area contributed by atoms with Crippen LogP contribution in [0.15, 0.2) is 29.1 Å². The molecule has 1 aliphatic heterocycles. The Bertz CT molecular complexity index is 797. The molecule has 0 radical (unpaired) electrons. The van der Waals surface area contributed by atoms with Gasteiger partial charge in [-0.1, -0.05) is 17.7 Å². The highest BCUT2D eigenvalue weighted by atomic mass is 35.5. The first kappa shape index (κ1) is 13.7. The maximum atomic E-state index is 12.2. The van der Waals surface area contributed by atoms with Crippen molar-refractivity contribution in [2.45, 2.75) is 19.3 Å². The van der Waals surface area contributed by atoms with Crippen molar-refractivity contribution in [1.82, 2.24) is 4.98 Å². The summed E-state index contributed by atoms with van der Waals surface area (Å²) in [6.07, 6.45) is 0.0558. The topological polar surface area (TPSA) is 79.4 Å². The minimum absolute atomic E-state index is 0.0446. The lowest BCUT2D eigenvalue weighted by Crippen LogP contribution is -2.28. The van der Waals surface area contributed by atoms with Crippen molar-refractivity contribution in [2.75, 3.05) is 0 Å². The predicted molar refractivity (Wildman–Crippen MR) is 77.0 cm³/mol. The average molecular weight is 306 g/mol. The van der Waals surface area contributed by atoms with Gasteiger partial charge in [0.15, 0.2) is 0 Å². The number of hydrogen-bond acceptors (Lipinski definition) is 4. The van der Waals surface area contributed by atoms with Gasteiger partial charge < -0.3 is 14.8 Å². The molecule has 0 unspecified atom stereocenters. The number of phenolic OH excluding ortho intramolecular Hbond substituents is 1. The van der Waals surface area contributed by atoms with Crippen molar-refractivity contribution in [3.8, 4) is 11.5 Å². The fourth-order valence-electron chi connectivity index (χ4n) is 2.54. The second-order valence-electron chi connectivity index (χ2n) is 5.00. The van der Waals surface area contributed by atoms with Crippen LogP contribution in [0.4, 0.5) is 0 Å². The third-order valence-corrected chi connectivity index (χ3v) is 3.79. The van der Waals surface area contributed by atoms with Crippen LogP contribution in [0.3, 0.4) is 0 Å². The normalized spacial score (nSPS) is 17.2. The molecule has 0 aliphatic carbocycles. The Morgan fingerprint density at radius 2 is 2.10 bits per heavy atom. The summed E-state index contributed by atoms with van der Waals surface area (Å²) in [5, 5.41) is 9.67. The van der Waals surface area contributed by atoms with Gasteiger partial charge in [0.05, 0.1) is 17.0 Å². The number of aromatic nitrogens is 1. The highest BCUT2D eigenvalue weighted by Gasteiger charge is 2.31. The Morgan fingerprint density at radius 3 is 2.81 bits per heavy atom. The second kappa shape index (κ2) is 4.93. The number of fused-ring (bicyclic) bond motifs is 1. The molecule has 2 heterocycles. The van der Waals surface area contributed by atoms with Gasteiger partial charge in [-0.15, -0.1) is 0 Å². The van der Waals surface area contributed by atoms with E-state index in [9.17, 15) is 14.7 Å². The summed E-state index contributed by atoms with van der Waals surface area (Å²) in [4.78, 5) is 26.7. The molecule has 0 saturated carbocycles. The second-order valence-corrected chi connectivity index (χ2v) is 5.41. The lowest BCUT2D eigenvalue weighted by Gasteiger charge is -2.24. The number of rotatable bonds is 1. The number of nitrogens with one attached hydrogen (secondary N) is 1. The van der Waals surface area contributed by atoms with E-state index in [0.717, 1.165) is 0 Å². The molecule has 2 aromatic rings. The van der Waals surface area contributed by atoms with Crippen LogP contribution in [0.5, 0.6) is 11.5 Å². The zero-order chi connectivity index (χ0) is 15.1. The number of pyridine rings is 1. The van der Waals surface area contributed by atoms with Gasteiger partial charge in [-0.25, -0.2) is 0 Å². The molecule has 6 heteroatoms. The molecule has 2 N–H and O–H groups in total. The van der Waals surface area contributed by atoms with Crippen molar-refractivity contribution in [3.63, 3.8) is 0 Å². The predicted octanol–water partition coefficient (Wildman–Crippen LogP) is 2.48. The van der Waals surface area contributed by atoms with E-state index in [1.54, 1.807) is 25.1 Å². The van der Waals surface area contributed by atoms with Crippen molar-refractivity contribution in [2.24, 2.45) is 0 Å². The van der Waals surface area contributed by atoms with Gasteiger partial charge in [0.25, 0.3) is 5.56 Å². The zero-order valence-corrected chi connectivity index (χ0v) is 11.9. The van der Waals surface area contributed by atoms with E-state index in [0.29, 0.717) is 16.8 Å². The molecule has 0 fully saturated rings. The lowest BCUT2D eigenvalue weighted by molar-refractivity contribution is -0.135. The van der Waals surface area contributed by atoms with Crippen LogP contribution in [0, 0.1) is 6.92 Å². The summed E-state index contributed by atoms with van der Waals surface area (Å²) in [5.74, 6) is -0.607. The van der Waals surface area contributed by atoms with Gasteiger partial charge in [0.2, 0.25) is 0 Å². The monoisotopic (exact) mass is 305 g/mol. The molecule has 1 aliphatic rings. The average Bonchev–Trinajstić information content (AvgIpc) is 2.40. The number of aromatic amines is 1. The SMILES string of the molecule is Cc1cc2c(c(=O)[nH]1)[C@H](c1ccc(O)c(Cl)c1)CC(=O)O2. The zero-order valence-electron chi connectivity index (χ0n) is 11.1. The number of aromatic hydroxyl groups is 1. The van der Waals surface area contributed by atoms with Crippen LogP contribution >= 0.6 is 11.6 Å². The number of aryl methyl sites for hydroxylation is 1. The molecular weight excluding hydrogens is 294 g/mol. The highest BCUT2D eigenvalue weighted by Crippen LogP contribution is 2.38. The fourth-order valence-corrected chi connectivity index (χ4v) is 2.73. The van der Waals surface area contributed by atoms with Crippen LogP contribution in [0.1, 0.15) is 29.2 Å². The largest absolute Gasteiger partial charge is 0.506 e. The molecule has 0 bridgehead atoms. The van der Waals surface area contributed by atoms with E-state index < -0.39 is 11.9 Å². The van der Waals surface area contributed by atoms with Gasteiger partial charge in [-0.3, -0.25) is 9.59 Å². The van der Waals surface area contributed by atoms with Crippen molar-refractivity contribution in [1.29, 1.82) is 0 Å². The first-order valence-corrected chi connectivity index (χ1v) is 6.76. The number of hydrogen-bond donors (Lipinski definition) is 2. The first-order chi connectivity index (χ1) is 9.95. The van der Waals surface area contributed by atoms with E-state index in [2.05, 4.69) is 4.98 Å². The van der Waals surface area contributed by atoms with Crippen LogP contribution in [-0.2, 0) is 4.79 Å². The molecule has 108 valence electrons. The third-order valence-electron chi connectivity index (χ3n) is 3.49. The summed E-state index contributed by atoms with van der Waals surface area (Å²) in [6, 6.07) is 6.28. The molecule has 0 amide bonds. The maximum Gasteiger partial charge on any atom is 0.312 e. The number of H-pyrrole nitrogens is 1. The molecular formula is C15H12ClNO4. The molecule has 3 rings (SSSR count). The molecule has 0 saturated heterocycles. The maximum absolute atomic E-state index is 12.2. The molecule has 0 spiro atoms. The number of halogens is 1. The van der Waals surface area contributed by atoms with Crippen LogP contribution in [0.2, 0.25) is 5.02 Å². The Morgan fingerprint density at radius 1 is 1.33 bits per heavy atom. The molecule has 1 aromatic heterocycles. The summed E-state index contributed by atoms with van der Waals surface area (Å²) < 4.78 is 5.16. The van der Waals surface area contributed by atoms with E-state index in [1.165, 1.54) is 6.07 Å². The van der Waals surface area contributed by atoms with E-state index in [-0.39, 0.29) is 28.5 Å². The van der Waals surface area contributed by atoms with E-state index in [4.69, 9.17) is 16.3 Å². The van der Waals surface area contributed by atoms with Crippen molar-refractivity contribution < 1.29 is 14.6 Å². The van der Waals surface area contributed by atoms with Gasteiger partial charge in [-0.05, 0) is 24.6 Å². The van der Waals surface area contributed by atoms with Gasteiger partial charge in [-0.2, -0.15) is 0 Å². The lowest BCUT2D eigenvalue weighted by atomic mass is 9.87. The third kappa shape index (κ3) is 2.40. The van der Waals surface area contributed by atoms with Gasteiger partial charge in [0.1, 0.15) is 11.5 Å². The fraction of sp³-hybridized carbons (Fsp3) is 0.200. The highest BCUT2D eigenvalue weighted by molar-refractivity contribution is 6.32. The number of phenols is 1. The van der Waals surface area contributed by atoms with Crippen LogP contribution in [0.25, 0.3) is 0 Å². The Kier molecular flexibility index (Phi) is 3.22. The molecule has 5 nitrogen and oxygen atoms in total. The summed E-state index contributed by atoms with van der Waals surface area (Å²) in [6.45, 7) is 1.72. The minimum Gasteiger partial charge on any atom is -0.506 e. The van der Waals surface area contributed by atoms with Gasteiger partial charge in [0, 0.05) is 17.7 Å². The first-order valence-electron chi connectivity index (χ1n) is 6.38. The molecule has 21 heavy (non-hydrogen) atoms. The summed E-state index contributed by atoms with van der Waals surface area (Å²) in [7, 11) is 0. The Hall–Kier alpha value is -2.27. The Labute approximate surface area is 125 Å². The standard InChI is InChI=1S/C15H12ClNO4/c1-7-4-12-14(15(20)17-7)9(6-13(19)21-12)8-2-3-11(18)10(16)5-8/h2-5,9,18H,6H2,1H3,(H,17,20)/t9-/m0/s1. The molecule has 1 aromatic carbocycles. The van der Waals surface area contributed by atoms with Crippen molar-refractivity contribution >= 4 is 17.6 Å². The quantitative estimate of drug-likeness (QED) is 0.793. The summed E-state index contributed by atoms with van der Waals surface area (Å²) >= 11 is 5.91. The molecule has 1 atom stereocenters. The Balaban J connectivity index is 2.19. The number of benzene rings is 1. The van der Waals surface area contributed by atoms with Crippen molar-refractivity contribution in [3.05, 3.63) is 56.5 Å². The van der Waals surface area contributed by atoms with Crippen LogP contribution < -0.4 is 10.3 Å². The van der Waals surface area contributed by atoms with E-state index in [1.807, 2.05) is 0 Å². The van der Waals surface area contributed by atoms with E-state index >= 15 is 0 Å². The number of carbonyl (C=O) groups is 1. The number of carbonyl (C=O) groups excluding carboxylic acids is 1. The van der Waals surface area contributed by atoms with Gasteiger partial charge >= 0.3 is 5.97 Å².